The van der Waals surface area contributed by atoms with Crippen LogP contribution >= 0.6 is 0 Å². The molecule has 1 amide bonds. The molecule has 3 rings (SSSR count). The van der Waals surface area contributed by atoms with E-state index in [4.69, 9.17) is 0 Å². The van der Waals surface area contributed by atoms with Crippen LogP contribution in [0.25, 0.3) is 0 Å². The summed E-state index contributed by atoms with van der Waals surface area (Å²) in [5, 5.41) is 3.33. The molecule has 2 heterocycles. The Morgan fingerprint density at radius 2 is 2.10 bits per heavy atom. The van der Waals surface area contributed by atoms with E-state index in [0.29, 0.717) is 0 Å². The monoisotopic (exact) mass is 287 g/mol. The Balaban J connectivity index is 1.70. The number of hydrogen-bond acceptors (Lipinski definition) is 3. The third-order valence-electron chi connectivity index (χ3n) is 4.54. The quantitative estimate of drug-likeness (QED) is 0.919. The lowest BCUT2D eigenvalue weighted by Gasteiger charge is -2.34. The standard InChI is InChI=1S/C17H25N3O/c1-14-12-18-7-10-20(14)17(21)16-6-4-5-15(11-16)13-19-8-2-3-9-19/h4-6,11,14,18H,2-3,7-10,12-13H2,1H3. The summed E-state index contributed by atoms with van der Waals surface area (Å²) in [6.45, 7) is 8.04. The third kappa shape index (κ3) is 3.44. The van der Waals surface area contributed by atoms with E-state index in [2.05, 4.69) is 29.3 Å². The zero-order valence-electron chi connectivity index (χ0n) is 12.8. The fourth-order valence-corrected chi connectivity index (χ4v) is 3.31. The molecule has 0 aliphatic carbocycles. The van der Waals surface area contributed by atoms with Crippen LogP contribution in [0.5, 0.6) is 0 Å². The molecule has 4 heteroatoms. The molecule has 21 heavy (non-hydrogen) atoms. The van der Waals surface area contributed by atoms with Crippen molar-refractivity contribution in [1.82, 2.24) is 15.1 Å². The van der Waals surface area contributed by atoms with Crippen molar-refractivity contribution in [2.45, 2.75) is 32.4 Å². The molecule has 114 valence electrons. The number of nitrogens with one attached hydrogen (secondary N) is 1. The second kappa shape index (κ2) is 6.58. The Kier molecular flexibility index (Phi) is 4.56. The van der Waals surface area contributed by atoms with Crippen LogP contribution in [0, 0.1) is 0 Å². The van der Waals surface area contributed by atoms with E-state index < -0.39 is 0 Å². The van der Waals surface area contributed by atoms with Gasteiger partial charge in [0.2, 0.25) is 0 Å². The molecular weight excluding hydrogens is 262 g/mol. The first-order chi connectivity index (χ1) is 10.2. The molecule has 1 N–H and O–H groups in total. The number of hydrogen-bond donors (Lipinski definition) is 1. The molecular formula is C17H25N3O. The number of carbonyl (C=O) groups is 1. The van der Waals surface area contributed by atoms with E-state index in [0.717, 1.165) is 31.7 Å². The molecule has 4 nitrogen and oxygen atoms in total. The normalized spacial score (nSPS) is 23.5. The van der Waals surface area contributed by atoms with Crippen LogP contribution in [-0.2, 0) is 6.54 Å². The van der Waals surface area contributed by atoms with Crippen molar-refractivity contribution in [3.63, 3.8) is 0 Å². The molecule has 1 aromatic carbocycles. The summed E-state index contributed by atoms with van der Waals surface area (Å²) in [4.78, 5) is 17.1. The second-order valence-electron chi connectivity index (χ2n) is 6.24. The van der Waals surface area contributed by atoms with Gasteiger partial charge in [-0.25, -0.2) is 0 Å². The van der Waals surface area contributed by atoms with Crippen molar-refractivity contribution in [2.24, 2.45) is 0 Å². The molecule has 0 radical (unpaired) electrons. The summed E-state index contributed by atoms with van der Waals surface area (Å²) in [7, 11) is 0. The average molecular weight is 287 g/mol. The molecule has 0 aromatic heterocycles. The lowest BCUT2D eigenvalue weighted by Crippen LogP contribution is -2.52. The van der Waals surface area contributed by atoms with Gasteiger partial charge in [-0.2, -0.15) is 0 Å². The first-order valence-corrected chi connectivity index (χ1v) is 8.07. The Bertz CT molecular complexity index is 497. The number of carbonyl (C=O) groups excluding carboxylic acids is 1. The summed E-state index contributed by atoms with van der Waals surface area (Å²) >= 11 is 0. The van der Waals surface area contributed by atoms with Crippen molar-refractivity contribution < 1.29 is 4.79 Å². The van der Waals surface area contributed by atoms with E-state index in [1.807, 2.05) is 17.0 Å². The lowest BCUT2D eigenvalue weighted by atomic mass is 10.1. The Labute approximate surface area is 127 Å². The van der Waals surface area contributed by atoms with Gasteiger partial charge in [0.25, 0.3) is 5.91 Å². The average Bonchev–Trinajstić information content (AvgIpc) is 3.00. The molecule has 1 atom stereocenters. The fourth-order valence-electron chi connectivity index (χ4n) is 3.31. The number of rotatable bonds is 3. The first kappa shape index (κ1) is 14.5. The van der Waals surface area contributed by atoms with Crippen molar-refractivity contribution in [3.05, 3.63) is 35.4 Å². The summed E-state index contributed by atoms with van der Waals surface area (Å²) < 4.78 is 0. The maximum absolute atomic E-state index is 12.7. The minimum absolute atomic E-state index is 0.173. The molecule has 0 bridgehead atoms. The molecule has 0 spiro atoms. The van der Waals surface area contributed by atoms with Gasteiger partial charge in [0.05, 0.1) is 0 Å². The molecule has 2 aliphatic rings. The predicted molar refractivity (Wildman–Crippen MR) is 84.3 cm³/mol. The Morgan fingerprint density at radius 3 is 2.86 bits per heavy atom. The lowest BCUT2D eigenvalue weighted by molar-refractivity contribution is 0.0655. The van der Waals surface area contributed by atoms with Crippen molar-refractivity contribution in [2.75, 3.05) is 32.7 Å². The number of likely N-dealkylation sites (tertiary alicyclic amines) is 1. The molecule has 2 saturated heterocycles. The maximum atomic E-state index is 12.7. The van der Waals surface area contributed by atoms with Crippen LogP contribution in [0.2, 0.25) is 0 Å². The van der Waals surface area contributed by atoms with Gasteiger partial charge < -0.3 is 10.2 Å². The maximum Gasteiger partial charge on any atom is 0.254 e. The fraction of sp³-hybridized carbons (Fsp3) is 0.588. The van der Waals surface area contributed by atoms with Crippen molar-refractivity contribution in [1.29, 1.82) is 0 Å². The zero-order chi connectivity index (χ0) is 14.7. The molecule has 1 unspecified atom stereocenters. The number of benzene rings is 1. The molecule has 1 aromatic rings. The smallest absolute Gasteiger partial charge is 0.254 e. The molecule has 2 aliphatic heterocycles. The van der Waals surface area contributed by atoms with Gasteiger partial charge >= 0.3 is 0 Å². The van der Waals surface area contributed by atoms with E-state index in [1.165, 1.54) is 31.5 Å². The van der Waals surface area contributed by atoms with Gasteiger partial charge in [-0.3, -0.25) is 9.69 Å². The Hall–Kier alpha value is -1.39. The van der Waals surface area contributed by atoms with Crippen molar-refractivity contribution in [3.8, 4) is 0 Å². The van der Waals surface area contributed by atoms with Gasteiger partial charge in [-0.15, -0.1) is 0 Å². The predicted octanol–water partition coefficient (Wildman–Crippen LogP) is 1.72. The van der Waals surface area contributed by atoms with E-state index in [1.54, 1.807) is 0 Å². The van der Waals surface area contributed by atoms with Gasteiger partial charge in [-0.1, -0.05) is 12.1 Å². The van der Waals surface area contributed by atoms with Crippen LogP contribution in [0.1, 0.15) is 35.7 Å². The topological polar surface area (TPSA) is 35.6 Å². The number of amides is 1. The summed E-state index contributed by atoms with van der Waals surface area (Å²) in [5.74, 6) is 0.173. The highest BCUT2D eigenvalue weighted by Crippen LogP contribution is 2.16. The van der Waals surface area contributed by atoms with E-state index in [9.17, 15) is 4.79 Å². The van der Waals surface area contributed by atoms with Crippen LogP contribution in [0.15, 0.2) is 24.3 Å². The van der Waals surface area contributed by atoms with Crippen LogP contribution in [-0.4, -0.2) is 54.5 Å². The summed E-state index contributed by atoms with van der Waals surface area (Å²) in [6, 6.07) is 8.45. The highest BCUT2D eigenvalue weighted by atomic mass is 16.2. The Morgan fingerprint density at radius 1 is 1.29 bits per heavy atom. The minimum Gasteiger partial charge on any atom is -0.333 e. The van der Waals surface area contributed by atoms with Crippen LogP contribution in [0.4, 0.5) is 0 Å². The number of piperazine rings is 1. The summed E-state index contributed by atoms with van der Waals surface area (Å²) in [5.41, 5.74) is 2.09. The van der Waals surface area contributed by atoms with Crippen LogP contribution in [0.3, 0.4) is 0 Å². The molecule has 2 fully saturated rings. The number of nitrogens with zero attached hydrogens (tertiary/aromatic N) is 2. The van der Waals surface area contributed by atoms with Gasteiger partial charge in [0, 0.05) is 37.8 Å². The second-order valence-corrected chi connectivity index (χ2v) is 6.24. The zero-order valence-corrected chi connectivity index (χ0v) is 12.8. The van der Waals surface area contributed by atoms with Gasteiger partial charge in [0.15, 0.2) is 0 Å². The highest BCUT2D eigenvalue weighted by Gasteiger charge is 2.24. The first-order valence-electron chi connectivity index (χ1n) is 8.07. The largest absolute Gasteiger partial charge is 0.333 e. The summed E-state index contributed by atoms with van der Waals surface area (Å²) in [6.07, 6.45) is 2.60. The van der Waals surface area contributed by atoms with Gasteiger partial charge in [0.1, 0.15) is 0 Å². The molecule has 0 saturated carbocycles. The highest BCUT2D eigenvalue weighted by molar-refractivity contribution is 5.94. The van der Waals surface area contributed by atoms with Crippen LogP contribution < -0.4 is 5.32 Å². The van der Waals surface area contributed by atoms with Gasteiger partial charge in [-0.05, 0) is 50.6 Å². The van der Waals surface area contributed by atoms with Crippen molar-refractivity contribution >= 4 is 5.91 Å². The van der Waals surface area contributed by atoms with E-state index in [-0.39, 0.29) is 11.9 Å². The SMILES string of the molecule is CC1CNCCN1C(=O)c1cccc(CN2CCCC2)c1. The third-order valence-corrected chi connectivity index (χ3v) is 4.54. The van der Waals surface area contributed by atoms with E-state index >= 15 is 0 Å². The minimum atomic E-state index is 0.173.